The van der Waals surface area contributed by atoms with E-state index in [9.17, 15) is 5.11 Å². The zero-order valence-electron chi connectivity index (χ0n) is 12.9. The first kappa shape index (κ1) is 17.0. The molecule has 0 heterocycles. The van der Waals surface area contributed by atoms with Crippen LogP contribution < -0.4 is 10.1 Å². The minimum atomic E-state index is -0.487. The van der Waals surface area contributed by atoms with Crippen molar-refractivity contribution in [1.82, 2.24) is 5.32 Å². The highest BCUT2D eigenvalue weighted by Crippen LogP contribution is 2.11. The van der Waals surface area contributed by atoms with Crippen LogP contribution in [0.5, 0.6) is 5.75 Å². The van der Waals surface area contributed by atoms with Crippen molar-refractivity contribution in [2.45, 2.75) is 45.9 Å². The average Bonchev–Trinajstić information content (AvgIpc) is 2.42. The Morgan fingerprint density at radius 3 is 2.35 bits per heavy atom. The van der Waals surface area contributed by atoms with Gasteiger partial charge in [-0.2, -0.15) is 0 Å². The highest BCUT2D eigenvalue weighted by atomic mass is 16.5. The Kier molecular flexibility index (Phi) is 7.59. The largest absolute Gasteiger partial charge is 0.492 e. The van der Waals surface area contributed by atoms with Gasteiger partial charge < -0.3 is 19.9 Å². The van der Waals surface area contributed by atoms with Crippen LogP contribution in [0.3, 0.4) is 0 Å². The number of hydrogen-bond donors (Lipinski definition) is 2. The average molecular weight is 281 g/mol. The third-order valence-electron chi connectivity index (χ3n) is 2.84. The van der Waals surface area contributed by atoms with Crippen LogP contribution >= 0.6 is 0 Å². The predicted octanol–water partition coefficient (Wildman–Crippen LogP) is 2.14. The number of aliphatic hydroxyl groups is 1. The highest BCUT2D eigenvalue weighted by Gasteiger charge is 2.08. The zero-order chi connectivity index (χ0) is 15.0. The molecule has 1 aromatic rings. The first-order valence-electron chi connectivity index (χ1n) is 7.20. The summed E-state index contributed by atoms with van der Waals surface area (Å²) in [5.41, 5.74) is 1.22. The summed E-state index contributed by atoms with van der Waals surface area (Å²) >= 11 is 0. The van der Waals surface area contributed by atoms with Crippen molar-refractivity contribution in [3.63, 3.8) is 0 Å². The third-order valence-corrected chi connectivity index (χ3v) is 2.84. The van der Waals surface area contributed by atoms with Gasteiger partial charge in [-0.15, -0.1) is 0 Å². The summed E-state index contributed by atoms with van der Waals surface area (Å²) in [5.74, 6) is 0.868. The molecule has 0 aromatic heterocycles. The quantitative estimate of drug-likeness (QED) is 0.728. The van der Waals surface area contributed by atoms with Crippen LogP contribution in [-0.2, 0) is 4.74 Å². The molecular weight excluding hydrogens is 254 g/mol. The summed E-state index contributed by atoms with van der Waals surface area (Å²) in [6.07, 6.45) is -0.342. The Labute approximate surface area is 122 Å². The minimum absolute atomic E-state index is 0.145. The number of nitrogens with one attached hydrogen (secondary N) is 1. The Morgan fingerprint density at radius 2 is 1.75 bits per heavy atom. The molecule has 0 saturated carbocycles. The first-order chi connectivity index (χ1) is 9.47. The lowest BCUT2D eigenvalue weighted by Gasteiger charge is -2.18. The summed E-state index contributed by atoms with van der Waals surface area (Å²) in [6.45, 7) is 9.43. The van der Waals surface area contributed by atoms with Crippen LogP contribution in [0.25, 0.3) is 0 Å². The van der Waals surface area contributed by atoms with Crippen LogP contribution in [0, 0.1) is 6.92 Å². The molecule has 20 heavy (non-hydrogen) atoms. The Bertz CT molecular complexity index is 364. The molecule has 2 atom stereocenters. The Balaban J connectivity index is 2.16. The van der Waals surface area contributed by atoms with Crippen LogP contribution in [0.1, 0.15) is 26.3 Å². The van der Waals surface area contributed by atoms with Crippen molar-refractivity contribution in [3.05, 3.63) is 29.8 Å². The van der Waals surface area contributed by atoms with Gasteiger partial charge in [0.15, 0.2) is 0 Å². The summed E-state index contributed by atoms with van der Waals surface area (Å²) in [5, 5.41) is 13.0. The Hall–Kier alpha value is -1.10. The van der Waals surface area contributed by atoms with Gasteiger partial charge in [0.25, 0.3) is 0 Å². The van der Waals surface area contributed by atoms with E-state index in [-0.39, 0.29) is 12.1 Å². The van der Waals surface area contributed by atoms with Gasteiger partial charge in [-0.05, 0) is 39.8 Å². The van der Waals surface area contributed by atoms with Gasteiger partial charge in [-0.25, -0.2) is 0 Å². The van der Waals surface area contributed by atoms with Crippen LogP contribution in [0.15, 0.2) is 24.3 Å². The summed E-state index contributed by atoms with van der Waals surface area (Å²) in [6, 6.07) is 8.16. The molecule has 114 valence electrons. The summed E-state index contributed by atoms with van der Waals surface area (Å²) < 4.78 is 11.0. The minimum Gasteiger partial charge on any atom is -0.492 e. The molecule has 0 aliphatic rings. The van der Waals surface area contributed by atoms with Crippen molar-refractivity contribution in [2.75, 3.05) is 19.8 Å². The maximum absolute atomic E-state index is 9.73. The standard InChI is InChI=1S/C16H27NO3/c1-12(2)19-11-15(18)9-17-14(4)10-20-16-7-5-13(3)6-8-16/h5-8,12,14-15,17-18H,9-11H2,1-4H3. The number of ether oxygens (including phenoxy) is 2. The second-order valence-electron chi connectivity index (χ2n) is 5.47. The molecule has 1 aromatic carbocycles. The lowest BCUT2D eigenvalue weighted by molar-refractivity contribution is 0.00515. The van der Waals surface area contributed by atoms with Crippen LogP contribution in [0.4, 0.5) is 0 Å². The molecule has 0 fully saturated rings. The number of hydrogen-bond acceptors (Lipinski definition) is 4. The van der Waals surface area contributed by atoms with E-state index in [4.69, 9.17) is 9.47 Å². The van der Waals surface area contributed by atoms with E-state index in [1.54, 1.807) is 0 Å². The van der Waals surface area contributed by atoms with Crippen molar-refractivity contribution < 1.29 is 14.6 Å². The maximum Gasteiger partial charge on any atom is 0.119 e. The van der Waals surface area contributed by atoms with E-state index in [0.29, 0.717) is 19.8 Å². The molecule has 4 nitrogen and oxygen atoms in total. The van der Waals surface area contributed by atoms with Gasteiger partial charge in [0.1, 0.15) is 12.4 Å². The lowest BCUT2D eigenvalue weighted by atomic mass is 10.2. The molecule has 0 bridgehead atoms. The van der Waals surface area contributed by atoms with Gasteiger partial charge in [0.2, 0.25) is 0 Å². The van der Waals surface area contributed by atoms with E-state index in [0.717, 1.165) is 5.75 Å². The summed E-state index contributed by atoms with van der Waals surface area (Å²) in [4.78, 5) is 0. The molecule has 2 N–H and O–H groups in total. The fourth-order valence-corrected chi connectivity index (χ4v) is 1.61. The molecule has 0 aliphatic heterocycles. The summed E-state index contributed by atoms with van der Waals surface area (Å²) in [7, 11) is 0. The van der Waals surface area contributed by atoms with Crippen molar-refractivity contribution >= 4 is 0 Å². The molecule has 0 amide bonds. The SMILES string of the molecule is Cc1ccc(OCC(C)NCC(O)COC(C)C)cc1. The molecular formula is C16H27NO3. The van der Waals surface area contributed by atoms with E-state index in [2.05, 4.69) is 12.2 Å². The number of aryl methyl sites for hydroxylation is 1. The topological polar surface area (TPSA) is 50.7 Å². The number of rotatable bonds is 9. The van der Waals surface area contributed by atoms with Crippen molar-refractivity contribution in [1.29, 1.82) is 0 Å². The highest BCUT2D eigenvalue weighted by molar-refractivity contribution is 5.26. The van der Waals surface area contributed by atoms with Crippen molar-refractivity contribution in [2.24, 2.45) is 0 Å². The van der Waals surface area contributed by atoms with Crippen LogP contribution in [-0.4, -0.2) is 43.1 Å². The fourth-order valence-electron chi connectivity index (χ4n) is 1.61. The maximum atomic E-state index is 9.73. The molecule has 0 spiro atoms. The normalized spacial score (nSPS) is 14.3. The van der Waals surface area contributed by atoms with E-state index in [1.165, 1.54) is 5.56 Å². The first-order valence-corrected chi connectivity index (χ1v) is 7.20. The smallest absolute Gasteiger partial charge is 0.119 e. The fraction of sp³-hybridized carbons (Fsp3) is 0.625. The number of aliphatic hydroxyl groups excluding tert-OH is 1. The number of benzene rings is 1. The van der Waals surface area contributed by atoms with Gasteiger partial charge in [-0.1, -0.05) is 17.7 Å². The van der Waals surface area contributed by atoms with Gasteiger partial charge in [0, 0.05) is 12.6 Å². The zero-order valence-corrected chi connectivity index (χ0v) is 12.9. The third kappa shape index (κ3) is 7.48. The second-order valence-corrected chi connectivity index (χ2v) is 5.47. The van der Waals surface area contributed by atoms with E-state index < -0.39 is 6.10 Å². The molecule has 4 heteroatoms. The molecule has 0 radical (unpaired) electrons. The van der Waals surface area contributed by atoms with E-state index >= 15 is 0 Å². The van der Waals surface area contributed by atoms with E-state index in [1.807, 2.05) is 45.0 Å². The molecule has 1 rings (SSSR count). The molecule has 0 aliphatic carbocycles. The van der Waals surface area contributed by atoms with Crippen molar-refractivity contribution in [3.8, 4) is 5.75 Å². The van der Waals surface area contributed by atoms with Gasteiger partial charge in [0.05, 0.1) is 18.8 Å². The second kappa shape index (κ2) is 8.95. The van der Waals surface area contributed by atoms with Gasteiger partial charge >= 0.3 is 0 Å². The van der Waals surface area contributed by atoms with Gasteiger partial charge in [-0.3, -0.25) is 0 Å². The molecule has 2 unspecified atom stereocenters. The molecule has 0 saturated heterocycles. The Morgan fingerprint density at radius 1 is 1.10 bits per heavy atom. The van der Waals surface area contributed by atoms with Crippen LogP contribution in [0.2, 0.25) is 0 Å². The monoisotopic (exact) mass is 281 g/mol. The lowest BCUT2D eigenvalue weighted by Crippen LogP contribution is -2.39. The predicted molar refractivity (Wildman–Crippen MR) is 81.2 cm³/mol.